The van der Waals surface area contributed by atoms with Gasteiger partial charge < -0.3 is 9.47 Å². The van der Waals surface area contributed by atoms with Crippen molar-refractivity contribution in [2.75, 3.05) is 13.2 Å². The van der Waals surface area contributed by atoms with Gasteiger partial charge >= 0.3 is 5.69 Å². The van der Waals surface area contributed by atoms with Crippen LogP contribution in [0.3, 0.4) is 0 Å². The van der Waals surface area contributed by atoms with E-state index < -0.39 is 4.92 Å². The number of para-hydroxylation sites is 1. The Morgan fingerprint density at radius 1 is 1.20 bits per heavy atom. The molecule has 206 valence electrons. The fourth-order valence-corrected chi connectivity index (χ4v) is 4.88. The quantitative estimate of drug-likeness (QED) is 0.0833. The Morgan fingerprint density at radius 3 is 2.62 bits per heavy atom. The highest BCUT2D eigenvalue weighted by Gasteiger charge is 2.21. The standard InChI is InChI=1S/C30H29BrN4O5/c1-6-12-40-28-24(31)14-20(15-26(28)35(37)38)17-32-34-29(33-25-11-9-8-10-21(25)30(34)36)23-16-22(18(3)4)27(39-7-2)13-19(23)5/h6,8-11,13-18H,1,7,12H2,2-5H3. The minimum Gasteiger partial charge on any atom is -0.494 e. The fourth-order valence-electron chi connectivity index (χ4n) is 4.29. The van der Waals surface area contributed by atoms with Crippen LogP contribution in [0.15, 0.2) is 75.6 Å². The highest BCUT2D eigenvalue weighted by molar-refractivity contribution is 9.10. The number of nitro groups is 1. The minimum absolute atomic E-state index is 0.0819. The summed E-state index contributed by atoms with van der Waals surface area (Å²) in [6.07, 6.45) is 2.89. The Balaban J connectivity index is 1.94. The molecule has 0 aliphatic carbocycles. The van der Waals surface area contributed by atoms with Gasteiger partial charge in [0.05, 0.1) is 33.1 Å². The molecule has 0 amide bonds. The van der Waals surface area contributed by atoms with E-state index in [0.717, 1.165) is 22.4 Å². The molecule has 0 unspecified atom stereocenters. The van der Waals surface area contributed by atoms with Gasteiger partial charge in [-0.15, -0.1) is 0 Å². The van der Waals surface area contributed by atoms with E-state index >= 15 is 0 Å². The van der Waals surface area contributed by atoms with Crippen LogP contribution in [0.5, 0.6) is 11.5 Å². The maximum absolute atomic E-state index is 13.7. The molecular formula is C30H29BrN4O5. The molecule has 1 heterocycles. The van der Waals surface area contributed by atoms with Crippen molar-refractivity contribution in [2.45, 2.75) is 33.6 Å². The Kier molecular flexibility index (Phi) is 8.79. The first-order valence-corrected chi connectivity index (χ1v) is 13.5. The Hall–Kier alpha value is -4.31. The van der Waals surface area contributed by atoms with E-state index in [2.05, 4.69) is 41.5 Å². The van der Waals surface area contributed by atoms with Crippen molar-refractivity contribution >= 4 is 38.7 Å². The van der Waals surface area contributed by atoms with Crippen molar-refractivity contribution in [3.8, 4) is 22.9 Å². The summed E-state index contributed by atoms with van der Waals surface area (Å²) in [5.41, 5.74) is 2.89. The van der Waals surface area contributed by atoms with Gasteiger partial charge in [0.2, 0.25) is 5.75 Å². The van der Waals surface area contributed by atoms with Crippen molar-refractivity contribution < 1.29 is 14.4 Å². The molecule has 4 aromatic rings. The number of hydrogen-bond acceptors (Lipinski definition) is 7. The lowest BCUT2D eigenvalue weighted by atomic mass is 9.96. The smallest absolute Gasteiger partial charge is 0.312 e. The van der Waals surface area contributed by atoms with Gasteiger partial charge in [-0.05, 0) is 77.2 Å². The van der Waals surface area contributed by atoms with E-state index in [1.807, 2.05) is 32.0 Å². The number of benzene rings is 3. The molecule has 0 N–H and O–H groups in total. The van der Waals surface area contributed by atoms with E-state index in [0.29, 0.717) is 33.4 Å². The second kappa shape index (κ2) is 12.3. The first-order valence-electron chi connectivity index (χ1n) is 12.7. The number of hydrogen-bond donors (Lipinski definition) is 0. The molecule has 0 bridgehead atoms. The van der Waals surface area contributed by atoms with Gasteiger partial charge in [-0.25, -0.2) is 4.98 Å². The minimum atomic E-state index is -0.535. The SMILES string of the molecule is C=CCOc1c(Br)cc(C=Nn2c(-c3cc(C(C)C)c(OCC)cc3C)nc3ccccc3c2=O)cc1[N+](=O)[O-]. The number of fused-ring (bicyclic) bond motifs is 1. The summed E-state index contributed by atoms with van der Waals surface area (Å²) >= 11 is 3.35. The first-order chi connectivity index (χ1) is 19.2. The van der Waals surface area contributed by atoms with Crippen LogP contribution in [-0.4, -0.2) is 34.0 Å². The predicted molar refractivity (Wildman–Crippen MR) is 161 cm³/mol. The normalized spacial score (nSPS) is 11.3. The molecule has 9 nitrogen and oxygen atoms in total. The highest BCUT2D eigenvalue weighted by atomic mass is 79.9. The van der Waals surface area contributed by atoms with Crippen LogP contribution < -0.4 is 15.0 Å². The van der Waals surface area contributed by atoms with Gasteiger partial charge in [-0.2, -0.15) is 9.78 Å². The summed E-state index contributed by atoms with van der Waals surface area (Å²) < 4.78 is 13.0. The molecule has 4 rings (SSSR count). The number of nitrogens with zero attached hydrogens (tertiary/aromatic N) is 4. The van der Waals surface area contributed by atoms with Crippen LogP contribution in [-0.2, 0) is 0 Å². The maximum atomic E-state index is 13.7. The maximum Gasteiger partial charge on any atom is 0.312 e. The summed E-state index contributed by atoms with van der Waals surface area (Å²) in [7, 11) is 0. The third-order valence-electron chi connectivity index (χ3n) is 6.18. The summed E-state index contributed by atoms with van der Waals surface area (Å²) in [4.78, 5) is 29.7. The van der Waals surface area contributed by atoms with Gasteiger partial charge in [0.25, 0.3) is 5.56 Å². The predicted octanol–water partition coefficient (Wildman–Crippen LogP) is 7.01. The largest absolute Gasteiger partial charge is 0.494 e. The lowest BCUT2D eigenvalue weighted by molar-refractivity contribution is -0.385. The van der Waals surface area contributed by atoms with Crippen LogP contribution in [0.1, 0.15) is 43.4 Å². The second-order valence-corrected chi connectivity index (χ2v) is 10.2. The van der Waals surface area contributed by atoms with E-state index in [-0.39, 0.29) is 29.5 Å². The third kappa shape index (κ3) is 5.81. The van der Waals surface area contributed by atoms with Crippen molar-refractivity contribution in [1.29, 1.82) is 0 Å². The Morgan fingerprint density at radius 2 is 1.95 bits per heavy atom. The zero-order valence-corrected chi connectivity index (χ0v) is 24.3. The molecule has 0 atom stereocenters. The Labute approximate surface area is 240 Å². The van der Waals surface area contributed by atoms with Gasteiger partial charge in [-0.3, -0.25) is 14.9 Å². The van der Waals surface area contributed by atoms with Gasteiger partial charge in [0, 0.05) is 17.2 Å². The molecule has 0 spiro atoms. The van der Waals surface area contributed by atoms with Crippen LogP contribution in [0.2, 0.25) is 0 Å². The number of ether oxygens (including phenoxy) is 2. The van der Waals surface area contributed by atoms with Crippen molar-refractivity contribution in [3.63, 3.8) is 0 Å². The summed E-state index contributed by atoms with van der Waals surface area (Å²) in [6.45, 7) is 12.2. The third-order valence-corrected chi connectivity index (χ3v) is 6.77. The molecule has 0 saturated heterocycles. The molecular weight excluding hydrogens is 576 g/mol. The zero-order chi connectivity index (χ0) is 29.0. The lowest BCUT2D eigenvalue weighted by Crippen LogP contribution is -2.21. The lowest BCUT2D eigenvalue weighted by Gasteiger charge is -2.18. The van der Waals surface area contributed by atoms with Crippen LogP contribution in [0.4, 0.5) is 5.69 Å². The Bertz CT molecular complexity index is 1690. The molecule has 0 aliphatic heterocycles. The molecule has 0 radical (unpaired) electrons. The van der Waals surface area contributed by atoms with E-state index in [9.17, 15) is 14.9 Å². The number of aromatic nitrogens is 2. The average molecular weight is 605 g/mol. The van der Waals surface area contributed by atoms with Gasteiger partial charge in [-0.1, -0.05) is 38.6 Å². The van der Waals surface area contributed by atoms with Crippen molar-refractivity contribution in [3.05, 3.63) is 103 Å². The highest BCUT2D eigenvalue weighted by Crippen LogP contribution is 2.37. The average Bonchev–Trinajstić information content (AvgIpc) is 2.91. The molecule has 0 saturated carbocycles. The van der Waals surface area contributed by atoms with E-state index in [1.54, 1.807) is 24.3 Å². The van der Waals surface area contributed by atoms with Gasteiger partial charge in [0.15, 0.2) is 5.82 Å². The van der Waals surface area contributed by atoms with Crippen LogP contribution in [0, 0.1) is 17.0 Å². The molecule has 3 aromatic carbocycles. The molecule has 1 aromatic heterocycles. The van der Waals surface area contributed by atoms with Crippen molar-refractivity contribution in [1.82, 2.24) is 9.66 Å². The summed E-state index contributed by atoms with van der Waals surface area (Å²) in [5, 5.41) is 16.7. The molecule has 0 aliphatic rings. The summed E-state index contributed by atoms with van der Waals surface area (Å²) in [5.74, 6) is 1.37. The van der Waals surface area contributed by atoms with E-state index in [1.165, 1.54) is 23.0 Å². The number of nitro benzene ring substituents is 1. The number of rotatable bonds is 10. The van der Waals surface area contributed by atoms with Crippen molar-refractivity contribution in [2.24, 2.45) is 5.10 Å². The van der Waals surface area contributed by atoms with Crippen LogP contribution >= 0.6 is 15.9 Å². The van der Waals surface area contributed by atoms with E-state index in [4.69, 9.17) is 14.5 Å². The zero-order valence-electron chi connectivity index (χ0n) is 22.7. The van der Waals surface area contributed by atoms with Gasteiger partial charge in [0.1, 0.15) is 12.4 Å². The molecule has 10 heteroatoms. The number of halogens is 1. The number of aryl methyl sites for hydroxylation is 1. The molecule has 40 heavy (non-hydrogen) atoms. The molecule has 0 fully saturated rings. The van der Waals surface area contributed by atoms with Crippen LogP contribution in [0.25, 0.3) is 22.3 Å². The second-order valence-electron chi connectivity index (χ2n) is 9.31. The monoisotopic (exact) mass is 604 g/mol. The summed E-state index contributed by atoms with van der Waals surface area (Å²) in [6, 6.07) is 14.0. The first kappa shape index (κ1) is 28.7. The topological polar surface area (TPSA) is 109 Å². The fraction of sp³-hybridized carbons (Fsp3) is 0.233.